The predicted octanol–water partition coefficient (Wildman–Crippen LogP) is 1.53. The zero-order chi connectivity index (χ0) is 12.8. The average molecular weight is 296 g/mol. The number of carboxylic acid groups (broad SMARTS) is 1. The van der Waals surface area contributed by atoms with Crippen LogP contribution in [0.4, 0.5) is 4.79 Å². The Balaban J connectivity index is 4.19. The second-order valence-corrected chi connectivity index (χ2v) is 6.39. The van der Waals surface area contributed by atoms with Crippen molar-refractivity contribution in [2.45, 2.75) is 50.0 Å². The van der Waals surface area contributed by atoms with Gasteiger partial charge in [0.15, 0.2) is 0 Å². The number of hydrogen-bond donors (Lipinski definition) is 2. The van der Waals surface area contributed by atoms with Gasteiger partial charge in [0.1, 0.15) is 0 Å². The molecule has 5 nitrogen and oxygen atoms in total. The average Bonchev–Trinajstić information content (AvgIpc) is 2.08. The molecule has 0 saturated heterocycles. The number of hydrogen-bond acceptors (Lipinski definition) is 3. The standard InChI is InChI=1S/C10H19NO4Se/c1-10(2,3)15-9(14)11-7(8(12)13)5-6-16-4/h7H,5-6H2,1-4H3,(H,11,14)(H,12,13). The Morgan fingerprint density at radius 2 is 2.00 bits per heavy atom. The molecule has 0 radical (unpaired) electrons. The van der Waals surface area contributed by atoms with Gasteiger partial charge in [-0.1, -0.05) is 0 Å². The molecule has 0 bridgehead atoms. The quantitative estimate of drug-likeness (QED) is 0.754. The second kappa shape index (κ2) is 6.76. The Labute approximate surface area is 102 Å². The van der Waals surface area contributed by atoms with Gasteiger partial charge < -0.3 is 0 Å². The molecular weight excluding hydrogens is 277 g/mol. The van der Waals surface area contributed by atoms with Crippen molar-refractivity contribution in [3.8, 4) is 0 Å². The van der Waals surface area contributed by atoms with E-state index in [0.717, 1.165) is 5.32 Å². The first-order valence-corrected chi connectivity index (χ1v) is 7.90. The first-order valence-electron chi connectivity index (χ1n) is 4.97. The molecule has 1 atom stereocenters. The molecule has 0 fully saturated rings. The number of carbonyl (C=O) groups excluding carboxylic acids is 1. The minimum atomic E-state index is -1.02. The number of nitrogens with one attached hydrogen (secondary N) is 1. The molecule has 0 rings (SSSR count). The second-order valence-electron chi connectivity index (χ2n) is 4.32. The van der Waals surface area contributed by atoms with E-state index in [4.69, 9.17) is 9.84 Å². The van der Waals surface area contributed by atoms with E-state index in [1.807, 2.05) is 5.82 Å². The van der Waals surface area contributed by atoms with Gasteiger partial charge in [0.25, 0.3) is 0 Å². The molecule has 0 aliphatic carbocycles. The van der Waals surface area contributed by atoms with E-state index in [1.165, 1.54) is 0 Å². The summed E-state index contributed by atoms with van der Waals surface area (Å²) in [6, 6.07) is -0.850. The van der Waals surface area contributed by atoms with Crippen molar-refractivity contribution in [3.05, 3.63) is 0 Å². The van der Waals surface area contributed by atoms with E-state index in [0.29, 0.717) is 21.4 Å². The molecule has 94 valence electrons. The zero-order valence-corrected chi connectivity index (χ0v) is 11.8. The van der Waals surface area contributed by atoms with Gasteiger partial charge in [-0.15, -0.1) is 0 Å². The summed E-state index contributed by atoms with van der Waals surface area (Å²) < 4.78 is 4.99. The molecule has 0 aromatic rings. The van der Waals surface area contributed by atoms with Crippen molar-refractivity contribution in [1.82, 2.24) is 5.32 Å². The van der Waals surface area contributed by atoms with Crippen LogP contribution in [-0.4, -0.2) is 43.8 Å². The Morgan fingerprint density at radius 3 is 2.38 bits per heavy atom. The molecular formula is C10H19NO4Se. The number of ether oxygens (including phenoxy) is 1. The summed E-state index contributed by atoms with van der Waals surface area (Å²) in [6.45, 7) is 5.20. The number of carbonyl (C=O) groups is 2. The summed E-state index contributed by atoms with van der Waals surface area (Å²) in [5.41, 5.74) is -0.609. The number of carboxylic acids is 1. The normalized spacial score (nSPS) is 13.0. The van der Waals surface area contributed by atoms with Crippen molar-refractivity contribution in [1.29, 1.82) is 0 Å². The summed E-state index contributed by atoms with van der Waals surface area (Å²) in [4.78, 5) is 22.2. The van der Waals surface area contributed by atoms with Crippen LogP contribution in [0.5, 0.6) is 0 Å². The third kappa shape index (κ3) is 7.54. The van der Waals surface area contributed by atoms with Crippen molar-refractivity contribution < 1.29 is 19.4 Å². The molecule has 0 aliphatic heterocycles. The fourth-order valence-corrected chi connectivity index (χ4v) is 1.93. The minimum absolute atomic E-state index is 0.406. The summed E-state index contributed by atoms with van der Waals surface area (Å²) in [6.07, 6.45) is -0.228. The van der Waals surface area contributed by atoms with Gasteiger partial charge in [-0.3, -0.25) is 0 Å². The molecule has 1 amide bonds. The summed E-state index contributed by atoms with van der Waals surface area (Å²) >= 11 is 0.406. The summed E-state index contributed by atoms with van der Waals surface area (Å²) in [7, 11) is 0. The van der Waals surface area contributed by atoms with Gasteiger partial charge in [-0.25, -0.2) is 0 Å². The molecule has 0 aromatic carbocycles. The van der Waals surface area contributed by atoms with Crippen LogP contribution in [0.25, 0.3) is 0 Å². The van der Waals surface area contributed by atoms with Gasteiger partial charge >= 0.3 is 102 Å². The summed E-state index contributed by atoms with van der Waals surface area (Å²) in [5, 5.41) is 12.1. The molecule has 2 N–H and O–H groups in total. The molecule has 0 saturated carbocycles. The Bertz CT molecular complexity index is 250. The van der Waals surface area contributed by atoms with Crippen LogP contribution >= 0.6 is 0 Å². The van der Waals surface area contributed by atoms with Crippen molar-refractivity contribution >= 4 is 27.0 Å². The Hall–Kier alpha value is -0.741. The molecule has 1 unspecified atom stereocenters. The number of aliphatic carboxylic acids is 1. The van der Waals surface area contributed by atoms with Crippen molar-refractivity contribution in [3.63, 3.8) is 0 Å². The molecule has 0 spiro atoms. The predicted molar refractivity (Wildman–Crippen MR) is 61.8 cm³/mol. The zero-order valence-electron chi connectivity index (χ0n) is 10.1. The first-order chi connectivity index (χ1) is 7.26. The molecule has 6 heteroatoms. The topological polar surface area (TPSA) is 75.6 Å². The third-order valence-electron chi connectivity index (χ3n) is 1.60. The van der Waals surface area contributed by atoms with E-state index in [1.54, 1.807) is 20.8 Å². The number of alkyl carbamates (subject to hydrolysis) is 1. The van der Waals surface area contributed by atoms with Crippen LogP contribution < -0.4 is 5.32 Å². The molecule has 0 heterocycles. The van der Waals surface area contributed by atoms with Crippen LogP contribution in [0.15, 0.2) is 0 Å². The van der Waals surface area contributed by atoms with E-state index < -0.39 is 23.7 Å². The summed E-state index contributed by atoms with van der Waals surface area (Å²) in [5.74, 6) is 1.01. The van der Waals surface area contributed by atoms with Gasteiger partial charge in [0, 0.05) is 0 Å². The molecule has 0 aliphatic rings. The van der Waals surface area contributed by atoms with Crippen LogP contribution in [-0.2, 0) is 9.53 Å². The van der Waals surface area contributed by atoms with E-state index in [9.17, 15) is 9.59 Å². The van der Waals surface area contributed by atoms with Crippen LogP contribution in [0.2, 0.25) is 11.1 Å². The van der Waals surface area contributed by atoms with Gasteiger partial charge in [-0.2, -0.15) is 0 Å². The van der Waals surface area contributed by atoms with Gasteiger partial charge in [0.2, 0.25) is 0 Å². The maximum absolute atomic E-state index is 11.3. The fourth-order valence-electron chi connectivity index (χ4n) is 0.943. The van der Waals surface area contributed by atoms with Crippen molar-refractivity contribution in [2.75, 3.05) is 0 Å². The van der Waals surface area contributed by atoms with E-state index in [-0.39, 0.29) is 0 Å². The molecule has 0 aromatic heterocycles. The van der Waals surface area contributed by atoms with E-state index >= 15 is 0 Å². The van der Waals surface area contributed by atoms with Crippen LogP contribution in [0.1, 0.15) is 27.2 Å². The Morgan fingerprint density at radius 1 is 1.44 bits per heavy atom. The molecule has 16 heavy (non-hydrogen) atoms. The van der Waals surface area contributed by atoms with Gasteiger partial charge in [-0.05, 0) is 0 Å². The SMILES string of the molecule is C[Se]CCC(NC(=O)OC(C)(C)C)C(=O)O. The van der Waals surface area contributed by atoms with Gasteiger partial charge in [0.05, 0.1) is 0 Å². The first kappa shape index (κ1) is 15.3. The van der Waals surface area contributed by atoms with Crippen molar-refractivity contribution in [2.24, 2.45) is 0 Å². The number of amides is 1. The Kier molecular flexibility index (Phi) is 6.45. The van der Waals surface area contributed by atoms with Crippen LogP contribution in [0.3, 0.4) is 0 Å². The van der Waals surface area contributed by atoms with Crippen LogP contribution in [0, 0.1) is 0 Å². The number of rotatable bonds is 5. The van der Waals surface area contributed by atoms with E-state index in [2.05, 4.69) is 5.32 Å². The maximum atomic E-state index is 11.3. The fraction of sp³-hybridized carbons (Fsp3) is 0.800. The third-order valence-corrected chi connectivity index (χ3v) is 2.95. The monoisotopic (exact) mass is 297 g/mol.